The van der Waals surface area contributed by atoms with E-state index < -0.39 is 12.0 Å². The van der Waals surface area contributed by atoms with E-state index in [1.54, 1.807) is 12.3 Å². The third-order valence-electron chi connectivity index (χ3n) is 7.21. The molecular formula is C29H26FN3O4. The van der Waals surface area contributed by atoms with E-state index in [9.17, 15) is 14.3 Å². The molecule has 2 N–H and O–H groups in total. The molecule has 5 aromatic rings. The maximum absolute atomic E-state index is 13.5. The molecule has 8 heteroatoms. The number of aliphatic carboxylic acids is 1. The number of nitrogens with one attached hydrogen (secondary N) is 1. The Bertz CT molecular complexity index is 1550. The van der Waals surface area contributed by atoms with Gasteiger partial charge in [0.2, 0.25) is 0 Å². The number of aromatic amines is 1. The zero-order chi connectivity index (χ0) is 25.4. The van der Waals surface area contributed by atoms with E-state index in [4.69, 9.17) is 9.26 Å². The van der Waals surface area contributed by atoms with Crippen molar-refractivity contribution in [1.29, 1.82) is 0 Å². The summed E-state index contributed by atoms with van der Waals surface area (Å²) in [4.78, 5) is 17.7. The van der Waals surface area contributed by atoms with Crippen LogP contribution in [0.2, 0.25) is 0 Å². The molecule has 1 aliphatic rings. The van der Waals surface area contributed by atoms with Crippen LogP contribution >= 0.6 is 0 Å². The summed E-state index contributed by atoms with van der Waals surface area (Å²) in [6, 6.07) is 19.3. The van der Waals surface area contributed by atoms with Crippen LogP contribution in [0.25, 0.3) is 21.9 Å². The maximum atomic E-state index is 13.5. The van der Waals surface area contributed by atoms with E-state index in [0.717, 1.165) is 40.4 Å². The molecule has 0 unspecified atom stereocenters. The number of carboxylic acids is 1. The lowest BCUT2D eigenvalue weighted by atomic mass is 9.90. The molecule has 1 aliphatic heterocycles. The number of rotatable bonds is 7. The van der Waals surface area contributed by atoms with Crippen molar-refractivity contribution in [1.82, 2.24) is 15.0 Å². The number of benzene rings is 3. The molecule has 0 amide bonds. The molecule has 7 nitrogen and oxygen atoms in total. The van der Waals surface area contributed by atoms with Gasteiger partial charge in [-0.3, -0.25) is 9.69 Å². The van der Waals surface area contributed by atoms with Crippen molar-refractivity contribution in [3.63, 3.8) is 0 Å². The molecule has 3 heterocycles. The fraction of sp³-hybridized carbons (Fsp3) is 0.241. The number of aromatic nitrogens is 2. The zero-order valence-electron chi connectivity index (χ0n) is 20.1. The minimum Gasteiger partial charge on any atom is -0.489 e. The Labute approximate surface area is 212 Å². The number of ether oxygens (including phenoxy) is 1. The maximum Gasteiger partial charge on any atom is 0.325 e. The van der Waals surface area contributed by atoms with Gasteiger partial charge in [0.25, 0.3) is 0 Å². The molecule has 2 aromatic heterocycles. The van der Waals surface area contributed by atoms with Crippen molar-refractivity contribution in [2.24, 2.45) is 0 Å². The molecule has 6 rings (SSSR count). The second kappa shape index (κ2) is 9.71. The van der Waals surface area contributed by atoms with Crippen molar-refractivity contribution < 1.29 is 23.6 Å². The van der Waals surface area contributed by atoms with Crippen LogP contribution in [-0.2, 0) is 11.4 Å². The molecule has 1 saturated heterocycles. The standard InChI is InChI=1S/C29H26FN3O4/c30-20-6-8-22-26(14-20)37-32-27(22)19-10-12-33(13-11-19)28(29(34)35)24-16-31-25-9-7-21(15-23(24)25)36-17-18-4-2-1-3-5-18/h1-9,14-16,19,28,31H,10-13,17H2,(H,34,35)/t28-/m0/s1. The van der Waals surface area contributed by atoms with Gasteiger partial charge in [-0.25, -0.2) is 4.39 Å². The molecule has 0 saturated carbocycles. The Balaban J connectivity index is 1.21. The number of hydrogen-bond donors (Lipinski definition) is 2. The van der Waals surface area contributed by atoms with Gasteiger partial charge >= 0.3 is 5.97 Å². The van der Waals surface area contributed by atoms with Gasteiger partial charge in [-0.2, -0.15) is 0 Å². The summed E-state index contributed by atoms with van der Waals surface area (Å²) in [5.41, 5.74) is 3.89. The number of carboxylic acid groups (broad SMARTS) is 1. The molecule has 188 valence electrons. The van der Waals surface area contributed by atoms with Gasteiger partial charge in [0.1, 0.15) is 24.2 Å². The predicted molar refractivity (Wildman–Crippen MR) is 137 cm³/mol. The quantitative estimate of drug-likeness (QED) is 0.284. The number of fused-ring (bicyclic) bond motifs is 2. The molecule has 0 bridgehead atoms. The monoisotopic (exact) mass is 499 g/mol. The number of halogens is 1. The highest BCUT2D eigenvalue weighted by atomic mass is 19.1. The Morgan fingerprint density at radius 3 is 2.70 bits per heavy atom. The van der Waals surface area contributed by atoms with Crippen molar-refractivity contribution in [3.05, 3.63) is 95.6 Å². The third kappa shape index (κ3) is 4.56. The van der Waals surface area contributed by atoms with E-state index >= 15 is 0 Å². The summed E-state index contributed by atoms with van der Waals surface area (Å²) >= 11 is 0. The lowest BCUT2D eigenvalue weighted by Crippen LogP contribution is -2.39. The molecule has 1 atom stereocenters. The van der Waals surface area contributed by atoms with Crippen molar-refractivity contribution in [2.45, 2.75) is 31.4 Å². The fourth-order valence-electron chi connectivity index (χ4n) is 5.32. The summed E-state index contributed by atoms with van der Waals surface area (Å²) in [6.07, 6.45) is 3.25. The minimum atomic E-state index is -0.891. The SMILES string of the molecule is O=C(O)[C@H](c1c[nH]c2ccc(OCc3ccccc3)cc12)N1CCC(c2noc3cc(F)ccc23)CC1. The van der Waals surface area contributed by atoms with E-state index in [1.807, 2.05) is 53.4 Å². The fourth-order valence-corrected chi connectivity index (χ4v) is 5.32. The molecule has 3 aromatic carbocycles. The van der Waals surface area contributed by atoms with Gasteiger partial charge in [-0.1, -0.05) is 35.5 Å². The Morgan fingerprint density at radius 1 is 1.11 bits per heavy atom. The van der Waals surface area contributed by atoms with Crippen LogP contribution in [0.1, 0.15) is 41.6 Å². The number of hydrogen-bond acceptors (Lipinski definition) is 5. The second-order valence-electron chi connectivity index (χ2n) is 9.48. The molecule has 0 radical (unpaired) electrons. The Kier molecular flexibility index (Phi) is 6.10. The normalized spacial score (nSPS) is 15.8. The number of H-pyrrole nitrogens is 1. The molecule has 0 spiro atoms. The van der Waals surface area contributed by atoms with Crippen LogP contribution in [0.5, 0.6) is 5.75 Å². The number of likely N-dealkylation sites (tertiary alicyclic amines) is 1. The van der Waals surface area contributed by atoms with Crippen molar-refractivity contribution in [2.75, 3.05) is 13.1 Å². The highest BCUT2D eigenvalue weighted by molar-refractivity contribution is 5.90. The lowest BCUT2D eigenvalue weighted by molar-refractivity contribution is -0.144. The summed E-state index contributed by atoms with van der Waals surface area (Å²) in [5.74, 6) is -0.438. The minimum absolute atomic E-state index is 0.123. The van der Waals surface area contributed by atoms with E-state index in [1.165, 1.54) is 12.1 Å². The smallest absolute Gasteiger partial charge is 0.325 e. The van der Waals surface area contributed by atoms with Crippen molar-refractivity contribution in [3.8, 4) is 5.75 Å². The second-order valence-corrected chi connectivity index (χ2v) is 9.48. The first-order valence-corrected chi connectivity index (χ1v) is 12.4. The highest BCUT2D eigenvalue weighted by Crippen LogP contribution is 2.37. The van der Waals surface area contributed by atoms with Gasteiger partial charge in [0.15, 0.2) is 5.58 Å². The van der Waals surface area contributed by atoms with Crippen LogP contribution in [0.3, 0.4) is 0 Å². The predicted octanol–water partition coefficient (Wildman–Crippen LogP) is 6.03. The average Bonchev–Trinajstić information content (AvgIpc) is 3.52. The van der Waals surface area contributed by atoms with Crippen molar-refractivity contribution >= 4 is 27.8 Å². The Hall–Kier alpha value is -4.17. The molecule has 37 heavy (non-hydrogen) atoms. The van der Waals surface area contributed by atoms with Crippen LogP contribution in [0, 0.1) is 5.82 Å². The van der Waals surface area contributed by atoms with Crippen LogP contribution in [0.15, 0.2) is 77.4 Å². The molecule has 0 aliphatic carbocycles. The average molecular weight is 500 g/mol. The summed E-state index contributed by atoms with van der Waals surface area (Å²) in [7, 11) is 0. The first-order chi connectivity index (χ1) is 18.1. The van der Waals surface area contributed by atoms with Crippen LogP contribution in [0.4, 0.5) is 4.39 Å². The van der Waals surface area contributed by atoms with Gasteiger partial charge < -0.3 is 19.4 Å². The highest BCUT2D eigenvalue weighted by Gasteiger charge is 2.34. The van der Waals surface area contributed by atoms with Gasteiger partial charge in [-0.15, -0.1) is 0 Å². The lowest BCUT2D eigenvalue weighted by Gasteiger charge is -2.35. The zero-order valence-corrected chi connectivity index (χ0v) is 20.1. The van der Waals surface area contributed by atoms with Crippen LogP contribution < -0.4 is 4.74 Å². The van der Waals surface area contributed by atoms with E-state index in [0.29, 0.717) is 36.6 Å². The number of carbonyl (C=O) groups is 1. The first kappa shape index (κ1) is 23.2. The van der Waals surface area contributed by atoms with E-state index in [2.05, 4.69) is 10.1 Å². The molecule has 1 fully saturated rings. The number of nitrogens with zero attached hydrogens (tertiary/aromatic N) is 2. The van der Waals surface area contributed by atoms with E-state index in [-0.39, 0.29) is 11.7 Å². The summed E-state index contributed by atoms with van der Waals surface area (Å²) in [5, 5.41) is 16.1. The van der Waals surface area contributed by atoms with Gasteiger partial charge in [0.05, 0.1) is 5.69 Å². The number of piperidine rings is 1. The largest absolute Gasteiger partial charge is 0.489 e. The first-order valence-electron chi connectivity index (χ1n) is 12.4. The van der Waals surface area contributed by atoms with Gasteiger partial charge in [0, 0.05) is 40.0 Å². The Morgan fingerprint density at radius 2 is 1.92 bits per heavy atom. The molecular weight excluding hydrogens is 473 g/mol. The van der Waals surface area contributed by atoms with Gasteiger partial charge in [-0.05, 0) is 61.8 Å². The van der Waals surface area contributed by atoms with Crippen LogP contribution in [-0.4, -0.2) is 39.2 Å². The third-order valence-corrected chi connectivity index (χ3v) is 7.21. The summed E-state index contributed by atoms with van der Waals surface area (Å²) in [6.45, 7) is 1.62. The topological polar surface area (TPSA) is 91.6 Å². The summed E-state index contributed by atoms with van der Waals surface area (Å²) < 4.78 is 24.9.